The summed E-state index contributed by atoms with van der Waals surface area (Å²) in [5.74, 6) is -3.77. The predicted octanol–water partition coefficient (Wildman–Crippen LogP) is -0.472. The molecule has 82 valence electrons. The second-order valence-electron chi connectivity index (χ2n) is 3.62. The van der Waals surface area contributed by atoms with Gasteiger partial charge in [-0.2, -0.15) is 0 Å². The summed E-state index contributed by atoms with van der Waals surface area (Å²) >= 11 is 0. The lowest BCUT2D eigenvalue weighted by atomic mass is 9.88. The van der Waals surface area contributed by atoms with Crippen molar-refractivity contribution >= 4 is 17.7 Å². The molecule has 1 aromatic carbocycles. The third-order valence-electron chi connectivity index (χ3n) is 2.61. The second-order valence-corrected chi connectivity index (χ2v) is 3.62. The lowest BCUT2D eigenvalue weighted by Crippen LogP contribution is -2.32. The average Bonchev–Trinajstić information content (AvgIpc) is 2.55. The molecule has 1 aromatic rings. The Labute approximate surface area is 91.6 Å². The van der Waals surface area contributed by atoms with Crippen molar-refractivity contribution in [2.24, 2.45) is 11.7 Å². The first kappa shape index (κ1) is 10.4. The minimum atomic E-state index is -1.10. The zero-order valence-electron chi connectivity index (χ0n) is 8.34. The SMILES string of the molecule is NC(=O)C1C(=O)NC(=O)C1c1ccccc1. The molecule has 3 amide bonds. The molecule has 0 aromatic heterocycles. The van der Waals surface area contributed by atoms with Gasteiger partial charge in [-0.15, -0.1) is 0 Å². The normalized spacial score (nSPS) is 24.2. The van der Waals surface area contributed by atoms with E-state index in [1.54, 1.807) is 30.3 Å². The van der Waals surface area contributed by atoms with Crippen LogP contribution in [0.25, 0.3) is 0 Å². The molecule has 1 fully saturated rings. The maximum atomic E-state index is 11.6. The van der Waals surface area contributed by atoms with Gasteiger partial charge < -0.3 is 5.73 Å². The summed E-state index contributed by atoms with van der Waals surface area (Å²) in [6.07, 6.45) is 0. The van der Waals surface area contributed by atoms with Crippen LogP contribution in [0.1, 0.15) is 11.5 Å². The van der Waals surface area contributed by atoms with Gasteiger partial charge in [0.1, 0.15) is 5.92 Å². The largest absolute Gasteiger partial charge is 0.369 e. The number of amides is 3. The van der Waals surface area contributed by atoms with Crippen molar-refractivity contribution in [3.8, 4) is 0 Å². The van der Waals surface area contributed by atoms with E-state index in [2.05, 4.69) is 5.32 Å². The van der Waals surface area contributed by atoms with E-state index in [0.717, 1.165) is 0 Å². The number of nitrogens with two attached hydrogens (primary N) is 1. The van der Waals surface area contributed by atoms with Gasteiger partial charge in [-0.05, 0) is 5.56 Å². The molecule has 2 unspecified atom stereocenters. The first-order valence-electron chi connectivity index (χ1n) is 4.80. The van der Waals surface area contributed by atoms with E-state index in [1.165, 1.54) is 0 Å². The quantitative estimate of drug-likeness (QED) is 0.519. The molecular weight excluding hydrogens is 208 g/mol. The summed E-state index contributed by atoms with van der Waals surface area (Å²) in [7, 11) is 0. The maximum absolute atomic E-state index is 11.6. The first-order chi connectivity index (χ1) is 7.61. The monoisotopic (exact) mass is 218 g/mol. The highest BCUT2D eigenvalue weighted by molar-refractivity contribution is 6.16. The van der Waals surface area contributed by atoms with Crippen LogP contribution in [0.15, 0.2) is 30.3 Å². The van der Waals surface area contributed by atoms with Crippen LogP contribution in [-0.2, 0) is 14.4 Å². The molecule has 0 bridgehead atoms. The Hall–Kier alpha value is -2.17. The van der Waals surface area contributed by atoms with Crippen LogP contribution in [0.2, 0.25) is 0 Å². The number of nitrogens with one attached hydrogen (secondary N) is 1. The lowest BCUT2D eigenvalue weighted by molar-refractivity contribution is -0.131. The van der Waals surface area contributed by atoms with Gasteiger partial charge >= 0.3 is 0 Å². The van der Waals surface area contributed by atoms with Crippen molar-refractivity contribution in [1.82, 2.24) is 5.32 Å². The Morgan fingerprint density at radius 3 is 2.31 bits per heavy atom. The van der Waals surface area contributed by atoms with Crippen LogP contribution in [0, 0.1) is 5.92 Å². The van der Waals surface area contributed by atoms with Gasteiger partial charge in [0.2, 0.25) is 17.7 Å². The molecule has 0 radical (unpaired) electrons. The number of rotatable bonds is 2. The van der Waals surface area contributed by atoms with E-state index in [4.69, 9.17) is 5.73 Å². The summed E-state index contributed by atoms with van der Waals surface area (Å²) < 4.78 is 0. The van der Waals surface area contributed by atoms with E-state index < -0.39 is 29.6 Å². The van der Waals surface area contributed by atoms with Gasteiger partial charge in [0.25, 0.3) is 0 Å². The van der Waals surface area contributed by atoms with Gasteiger partial charge in [0, 0.05) is 0 Å². The Morgan fingerprint density at radius 2 is 1.75 bits per heavy atom. The highest BCUT2D eigenvalue weighted by atomic mass is 16.2. The van der Waals surface area contributed by atoms with Crippen LogP contribution in [0.3, 0.4) is 0 Å². The Bertz CT molecular complexity index is 456. The van der Waals surface area contributed by atoms with Gasteiger partial charge in [-0.25, -0.2) is 0 Å². The van der Waals surface area contributed by atoms with E-state index >= 15 is 0 Å². The number of primary amides is 1. The van der Waals surface area contributed by atoms with Crippen LogP contribution >= 0.6 is 0 Å². The molecule has 0 aliphatic carbocycles. The van der Waals surface area contributed by atoms with Crippen molar-refractivity contribution in [2.75, 3.05) is 0 Å². The van der Waals surface area contributed by atoms with Crippen LogP contribution in [-0.4, -0.2) is 17.7 Å². The van der Waals surface area contributed by atoms with Crippen molar-refractivity contribution in [3.05, 3.63) is 35.9 Å². The molecule has 16 heavy (non-hydrogen) atoms. The summed E-state index contributed by atoms with van der Waals surface area (Å²) in [4.78, 5) is 34.1. The Kier molecular flexibility index (Phi) is 2.44. The fourth-order valence-electron chi connectivity index (χ4n) is 1.88. The standard InChI is InChI=1S/C11H10N2O3/c12-9(14)8-7(10(15)13-11(8)16)6-4-2-1-3-5-6/h1-5,7-8H,(H2,12,14)(H,13,15,16). The summed E-state index contributed by atoms with van der Waals surface area (Å²) in [6.45, 7) is 0. The maximum Gasteiger partial charge on any atom is 0.240 e. The lowest BCUT2D eigenvalue weighted by Gasteiger charge is -2.11. The van der Waals surface area contributed by atoms with Crippen molar-refractivity contribution in [2.45, 2.75) is 5.92 Å². The van der Waals surface area contributed by atoms with Gasteiger partial charge in [-0.3, -0.25) is 19.7 Å². The molecule has 0 spiro atoms. The second kappa shape index (κ2) is 3.77. The molecular formula is C11H10N2O3. The molecule has 0 saturated carbocycles. The molecule has 1 saturated heterocycles. The minimum absolute atomic E-state index is 0.472. The number of benzene rings is 1. The molecule has 2 rings (SSSR count). The van der Waals surface area contributed by atoms with Crippen molar-refractivity contribution in [3.63, 3.8) is 0 Å². The summed E-state index contributed by atoms with van der Waals surface area (Å²) in [5, 5.41) is 2.12. The smallest absolute Gasteiger partial charge is 0.240 e. The van der Waals surface area contributed by atoms with Crippen LogP contribution in [0.4, 0.5) is 0 Å². The number of hydrogen-bond acceptors (Lipinski definition) is 3. The third-order valence-corrected chi connectivity index (χ3v) is 2.61. The first-order valence-corrected chi connectivity index (χ1v) is 4.80. The van der Waals surface area contributed by atoms with E-state index in [9.17, 15) is 14.4 Å². The van der Waals surface area contributed by atoms with Gasteiger partial charge in [-0.1, -0.05) is 30.3 Å². The molecule has 2 atom stereocenters. The molecule has 5 heteroatoms. The molecule has 1 heterocycles. The molecule has 5 nitrogen and oxygen atoms in total. The molecule has 3 N–H and O–H groups in total. The predicted molar refractivity (Wildman–Crippen MR) is 55.0 cm³/mol. The minimum Gasteiger partial charge on any atom is -0.369 e. The number of imide groups is 1. The van der Waals surface area contributed by atoms with E-state index in [1.807, 2.05) is 0 Å². The summed E-state index contributed by atoms with van der Waals surface area (Å²) in [6, 6.07) is 8.65. The van der Waals surface area contributed by atoms with E-state index in [-0.39, 0.29) is 0 Å². The van der Waals surface area contributed by atoms with Gasteiger partial charge in [0.15, 0.2) is 0 Å². The molecule has 1 aliphatic heterocycles. The third kappa shape index (κ3) is 1.56. The zero-order valence-corrected chi connectivity index (χ0v) is 8.34. The van der Waals surface area contributed by atoms with Crippen molar-refractivity contribution in [1.29, 1.82) is 0 Å². The zero-order chi connectivity index (χ0) is 11.7. The fraction of sp³-hybridized carbons (Fsp3) is 0.182. The molecule has 1 aliphatic rings. The van der Waals surface area contributed by atoms with Crippen molar-refractivity contribution < 1.29 is 14.4 Å². The van der Waals surface area contributed by atoms with Gasteiger partial charge in [0.05, 0.1) is 5.92 Å². The number of carbonyl (C=O) groups is 3. The number of hydrogen-bond donors (Lipinski definition) is 2. The van der Waals surface area contributed by atoms with Crippen LogP contribution < -0.4 is 11.1 Å². The topological polar surface area (TPSA) is 89.3 Å². The van der Waals surface area contributed by atoms with E-state index in [0.29, 0.717) is 5.56 Å². The Balaban J connectivity index is 2.42. The fourth-order valence-corrected chi connectivity index (χ4v) is 1.88. The highest BCUT2D eigenvalue weighted by Gasteiger charge is 2.45. The average molecular weight is 218 g/mol. The number of carbonyl (C=O) groups excluding carboxylic acids is 3. The summed E-state index contributed by atoms with van der Waals surface area (Å²) in [5.41, 5.74) is 5.75. The highest BCUT2D eigenvalue weighted by Crippen LogP contribution is 2.29. The Morgan fingerprint density at radius 1 is 1.12 bits per heavy atom. The van der Waals surface area contributed by atoms with Crippen LogP contribution in [0.5, 0.6) is 0 Å².